The van der Waals surface area contributed by atoms with Crippen molar-refractivity contribution < 1.29 is 80.2 Å². The highest BCUT2D eigenvalue weighted by atomic mass is 31.2. The zero-order valence-electron chi connectivity index (χ0n) is 57.3. The topological polar surface area (TPSA) is 237 Å². The molecule has 0 saturated heterocycles. The molecule has 17 nitrogen and oxygen atoms in total. The van der Waals surface area contributed by atoms with Crippen LogP contribution >= 0.6 is 15.6 Å². The van der Waals surface area contributed by atoms with Crippen LogP contribution in [0.15, 0.2) is 0 Å². The third kappa shape index (κ3) is 61.6. The van der Waals surface area contributed by atoms with E-state index < -0.39 is 97.5 Å². The van der Waals surface area contributed by atoms with E-state index in [-0.39, 0.29) is 25.7 Å². The van der Waals surface area contributed by atoms with Gasteiger partial charge in [0.15, 0.2) is 12.2 Å². The molecule has 0 bridgehead atoms. The second kappa shape index (κ2) is 58.8. The number of rotatable bonds is 66. The molecule has 0 fully saturated rings. The third-order valence-corrected chi connectivity index (χ3v) is 18.1. The number of phosphoric acid groups is 2. The summed E-state index contributed by atoms with van der Waals surface area (Å²) in [4.78, 5) is 72.5. The highest BCUT2D eigenvalue weighted by Crippen LogP contribution is 2.45. The first-order chi connectivity index (χ1) is 42.1. The zero-order valence-corrected chi connectivity index (χ0v) is 59.1. The predicted octanol–water partition coefficient (Wildman–Crippen LogP) is 19.3. The summed E-state index contributed by atoms with van der Waals surface area (Å²) in [6.45, 7) is 14.0. The van der Waals surface area contributed by atoms with Crippen LogP contribution in [0.2, 0.25) is 0 Å². The number of hydrogen-bond donors (Lipinski definition) is 3. The van der Waals surface area contributed by atoms with Crippen LogP contribution in [0.3, 0.4) is 0 Å². The molecule has 6 atom stereocenters. The summed E-state index contributed by atoms with van der Waals surface area (Å²) >= 11 is 0. The quantitative estimate of drug-likeness (QED) is 0.0222. The molecule has 4 unspecified atom stereocenters. The van der Waals surface area contributed by atoms with E-state index in [2.05, 4.69) is 55.4 Å². The number of phosphoric ester groups is 2. The maximum absolute atomic E-state index is 13.0. The van der Waals surface area contributed by atoms with E-state index in [0.717, 1.165) is 108 Å². The van der Waals surface area contributed by atoms with Gasteiger partial charge in [-0.25, -0.2) is 9.13 Å². The molecule has 0 aliphatic heterocycles. The summed E-state index contributed by atoms with van der Waals surface area (Å²) in [5.41, 5.74) is 0. The fraction of sp³-hybridized carbons (Fsp3) is 0.942. The lowest BCUT2D eigenvalue weighted by molar-refractivity contribution is -0.161. The Morgan fingerprint density at radius 1 is 0.318 bits per heavy atom. The van der Waals surface area contributed by atoms with Crippen molar-refractivity contribution in [3.05, 3.63) is 0 Å². The molecule has 0 radical (unpaired) electrons. The Labute approximate surface area is 537 Å². The summed E-state index contributed by atoms with van der Waals surface area (Å²) in [6, 6.07) is 0. The Balaban J connectivity index is 5.26. The molecule has 0 amide bonds. The summed E-state index contributed by atoms with van der Waals surface area (Å²) < 4.78 is 68.2. The van der Waals surface area contributed by atoms with Crippen LogP contribution in [-0.4, -0.2) is 96.7 Å². The minimum atomic E-state index is -4.95. The van der Waals surface area contributed by atoms with Gasteiger partial charge in [-0.2, -0.15) is 0 Å². The second-order valence-electron chi connectivity index (χ2n) is 26.6. The second-order valence-corrected chi connectivity index (χ2v) is 29.5. The number of aliphatic hydroxyl groups is 1. The van der Waals surface area contributed by atoms with Gasteiger partial charge in [0, 0.05) is 25.7 Å². The van der Waals surface area contributed by atoms with Crippen LogP contribution < -0.4 is 0 Å². The Kier molecular flexibility index (Phi) is 57.6. The molecule has 88 heavy (non-hydrogen) atoms. The van der Waals surface area contributed by atoms with Gasteiger partial charge in [0.05, 0.1) is 26.4 Å². The Hall–Kier alpha value is -1.94. The maximum atomic E-state index is 13.0. The molecular weight excluding hydrogens is 1160 g/mol. The van der Waals surface area contributed by atoms with Gasteiger partial charge in [-0.15, -0.1) is 0 Å². The average Bonchev–Trinajstić information content (AvgIpc) is 3.63. The van der Waals surface area contributed by atoms with Crippen molar-refractivity contribution in [2.45, 2.75) is 356 Å². The predicted molar refractivity (Wildman–Crippen MR) is 354 cm³/mol. The summed E-state index contributed by atoms with van der Waals surface area (Å²) in [7, 11) is -9.90. The van der Waals surface area contributed by atoms with Gasteiger partial charge in [0.25, 0.3) is 0 Å². The molecule has 0 heterocycles. The molecule has 0 aromatic rings. The molecule has 522 valence electrons. The number of carbonyl (C=O) groups is 4. The average molecular weight is 1300 g/mol. The van der Waals surface area contributed by atoms with Crippen molar-refractivity contribution in [2.75, 3.05) is 39.6 Å². The van der Waals surface area contributed by atoms with E-state index in [9.17, 15) is 43.2 Å². The standard InChI is InChI=1S/C69H134O17P2/c1-9-62(8)48-40-32-24-16-13-14-18-26-35-43-51-68(73)85-64(55-79-66(71)49-41-33-25-17-12-10-11-15-21-29-37-45-59(2)3)57-83-87(75,76)81-53-63(70)54-82-88(77,78)84-58-65(86-69(74)52-44-36-28-20-23-31-39-47-61(6)7)56-80-67(72)50-42-34-27-19-22-30-38-46-60(4)5/h59-65,70H,9-58H2,1-8H3,(H,75,76)(H,77,78)/t62?,63?,64-,65-/m1/s1. The van der Waals surface area contributed by atoms with E-state index in [1.165, 1.54) is 135 Å². The van der Waals surface area contributed by atoms with E-state index in [1.807, 2.05) is 0 Å². The van der Waals surface area contributed by atoms with Gasteiger partial charge in [0.2, 0.25) is 0 Å². The van der Waals surface area contributed by atoms with Crippen LogP contribution in [-0.2, 0) is 65.4 Å². The van der Waals surface area contributed by atoms with Crippen molar-refractivity contribution in [3.8, 4) is 0 Å². The Morgan fingerprint density at radius 2 is 0.545 bits per heavy atom. The van der Waals surface area contributed by atoms with Gasteiger partial charge in [-0.3, -0.25) is 37.3 Å². The maximum Gasteiger partial charge on any atom is 0.472 e. The Morgan fingerprint density at radius 3 is 0.807 bits per heavy atom. The third-order valence-electron chi connectivity index (χ3n) is 16.2. The zero-order chi connectivity index (χ0) is 65.4. The normalized spacial score (nSPS) is 14.6. The first-order valence-corrected chi connectivity index (χ1v) is 38.7. The van der Waals surface area contributed by atoms with Crippen molar-refractivity contribution in [2.24, 2.45) is 23.7 Å². The van der Waals surface area contributed by atoms with Gasteiger partial charge in [-0.1, -0.05) is 287 Å². The molecule has 0 aliphatic rings. The molecule has 0 spiro atoms. The summed E-state index contributed by atoms with van der Waals surface area (Å²) in [5.74, 6) is 0.842. The molecule has 0 saturated carbocycles. The van der Waals surface area contributed by atoms with Crippen molar-refractivity contribution in [1.82, 2.24) is 0 Å². The number of esters is 4. The molecule has 19 heteroatoms. The van der Waals surface area contributed by atoms with E-state index in [0.29, 0.717) is 37.5 Å². The highest BCUT2D eigenvalue weighted by molar-refractivity contribution is 7.47. The van der Waals surface area contributed by atoms with Crippen molar-refractivity contribution >= 4 is 39.5 Å². The van der Waals surface area contributed by atoms with Gasteiger partial charge >= 0.3 is 39.5 Å². The van der Waals surface area contributed by atoms with Crippen molar-refractivity contribution in [1.29, 1.82) is 0 Å². The SMILES string of the molecule is CCC(C)CCCCCCCCCCCCC(=O)O[C@H](COC(=O)CCCCCCCCCCCCCC(C)C)COP(=O)(O)OCC(O)COP(=O)(O)OC[C@@H](COC(=O)CCCCCCCCCC(C)C)OC(=O)CCCCCCCCCC(C)C. The number of unbranched alkanes of at least 4 members (excludes halogenated alkanes) is 31. The fourth-order valence-corrected chi connectivity index (χ4v) is 11.9. The minimum absolute atomic E-state index is 0.102. The summed E-state index contributed by atoms with van der Waals surface area (Å²) in [5, 5.41) is 10.6. The number of hydrogen-bond acceptors (Lipinski definition) is 15. The van der Waals surface area contributed by atoms with Gasteiger partial charge in [0.1, 0.15) is 19.3 Å². The first kappa shape index (κ1) is 86.1. The largest absolute Gasteiger partial charge is 0.472 e. The van der Waals surface area contributed by atoms with Crippen molar-refractivity contribution in [3.63, 3.8) is 0 Å². The first-order valence-electron chi connectivity index (χ1n) is 35.7. The van der Waals surface area contributed by atoms with Crippen LogP contribution in [0.1, 0.15) is 338 Å². The van der Waals surface area contributed by atoms with Crippen LogP contribution in [0, 0.1) is 23.7 Å². The van der Waals surface area contributed by atoms with Crippen LogP contribution in [0.25, 0.3) is 0 Å². The highest BCUT2D eigenvalue weighted by Gasteiger charge is 2.30. The molecule has 0 aromatic carbocycles. The molecule has 3 N–H and O–H groups in total. The number of ether oxygens (including phenoxy) is 4. The number of aliphatic hydroxyl groups excluding tert-OH is 1. The summed E-state index contributed by atoms with van der Waals surface area (Å²) in [6.07, 6.45) is 40.4. The lowest BCUT2D eigenvalue weighted by atomic mass is 9.99. The lowest BCUT2D eigenvalue weighted by Gasteiger charge is -2.21. The molecule has 0 rings (SSSR count). The monoisotopic (exact) mass is 1300 g/mol. The van der Waals surface area contributed by atoms with Crippen LogP contribution in [0.4, 0.5) is 0 Å². The fourth-order valence-electron chi connectivity index (χ4n) is 10.3. The lowest BCUT2D eigenvalue weighted by Crippen LogP contribution is -2.30. The van der Waals surface area contributed by atoms with E-state index in [1.54, 1.807) is 0 Å². The molecule has 0 aromatic heterocycles. The van der Waals surface area contributed by atoms with E-state index >= 15 is 0 Å². The minimum Gasteiger partial charge on any atom is -0.462 e. The number of carbonyl (C=O) groups excluding carboxylic acids is 4. The van der Waals surface area contributed by atoms with Gasteiger partial charge < -0.3 is 33.8 Å². The van der Waals surface area contributed by atoms with Crippen LogP contribution in [0.5, 0.6) is 0 Å². The molecular formula is C69H134O17P2. The molecule has 0 aliphatic carbocycles. The van der Waals surface area contributed by atoms with Gasteiger partial charge in [-0.05, 0) is 49.4 Å². The van der Waals surface area contributed by atoms with E-state index in [4.69, 9.17) is 37.0 Å². The smallest absolute Gasteiger partial charge is 0.462 e. The Bertz CT molecular complexity index is 1750.